The highest BCUT2D eigenvalue weighted by Gasteiger charge is 2.09. The second-order valence-electron chi connectivity index (χ2n) is 3.23. The predicted molar refractivity (Wildman–Crippen MR) is 50.8 cm³/mol. The fraction of sp³-hybridized carbons (Fsp3) is 0.333. The average molecular weight is 177 g/mol. The molecular weight excluding hydrogens is 166 g/mol. The van der Waals surface area contributed by atoms with Crippen LogP contribution in [0, 0.1) is 13.8 Å². The van der Waals surface area contributed by atoms with Gasteiger partial charge in [-0.25, -0.2) is 0 Å². The van der Waals surface area contributed by atoms with Gasteiger partial charge in [-0.05, 0) is 13.8 Å². The molecule has 0 atom stereocenters. The van der Waals surface area contributed by atoms with Gasteiger partial charge in [0.15, 0.2) is 0 Å². The summed E-state index contributed by atoms with van der Waals surface area (Å²) in [4.78, 5) is 14.7. The highest BCUT2D eigenvalue weighted by molar-refractivity contribution is 5.77. The number of fused-ring (bicyclic) bond motifs is 1. The quantitative estimate of drug-likeness (QED) is 0.649. The van der Waals surface area contributed by atoms with Crippen molar-refractivity contribution in [3.05, 3.63) is 27.7 Å². The number of aryl methyl sites for hydroxylation is 3. The summed E-state index contributed by atoms with van der Waals surface area (Å²) in [5.74, 6) is 0. The molecular formula is C9H11N3O. The molecule has 68 valence electrons. The summed E-state index contributed by atoms with van der Waals surface area (Å²) in [5, 5.41) is 4.18. The van der Waals surface area contributed by atoms with Crippen molar-refractivity contribution in [1.82, 2.24) is 14.8 Å². The number of aromatic amines is 1. The van der Waals surface area contributed by atoms with Crippen molar-refractivity contribution < 1.29 is 0 Å². The molecule has 1 N–H and O–H groups in total. The van der Waals surface area contributed by atoms with E-state index in [1.54, 1.807) is 24.9 Å². The minimum Gasteiger partial charge on any atom is -0.358 e. The standard InChI is InChI=1S/C9H11N3O/c1-5-4-10-7-6(2)11-12(3)8(7)9(5)13/h4H,1-3H3,(H,10,13). The summed E-state index contributed by atoms with van der Waals surface area (Å²) in [6.45, 7) is 3.67. The Balaban J connectivity index is 3.08. The molecule has 0 spiro atoms. The maximum absolute atomic E-state index is 11.7. The summed E-state index contributed by atoms with van der Waals surface area (Å²) in [6.07, 6.45) is 1.72. The first-order valence-electron chi connectivity index (χ1n) is 4.13. The third-order valence-corrected chi connectivity index (χ3v) is 2.23. The molecule has 0 aliphatic carbocycles. The summed E-state index contributed by atoms with van der Waals surface area (Å²) in [7, 11) is 1.78. The van der Waals surface area contributed by atoms with Crippen molar-refractivity contribution in [3.63, 3.8) is 0 Å². The van der Waals surface area contributed by atoms with E-state index >= 15 is 0 Å². The van der Waals surface area contributed by atoms with Gasteiger partial charge in [0.05, 0.1) is 11.2 Å². The van der Waals surface area contributed by atoms with Crippen molar-refractivity contribution in [2.75, 3.05) is 0 Å². The first kappa shape index (κ1) is 8.04. The fourth-order valence-electron chi connectivity index (χ4n) is 1.52. The van der Waals surface area contributed by atoms with E-state index in [4.69, 9.17) is 0 Å². The van der Waals surface area contributed by atoms with E-state index in [9.17, 15) is 4.79 Å². The third kappa shape index (κ3) is 0.983. The van der Waals surface area contributed by atoms with Crippen LogP contribution < -0.4 is 5.43 Å². The first-order chi connectivity index (χ1) is 6.11. The smallest absolute Gasteiger partial charge is 0.210 e. The van der Waals surface area contributed by atoms with E-state index < -0.39 is 0 Å². The maximum atomic E-state index is 11.7. The number of H-pyrrole nitrogens is 1. The van der Waals surface area contributed by atoms with Crippen LogP contribution in [-0.2, 0) is 7.05 Å². The Bertz CT molecular complexity index is 521. The second-order valence-corrected chi connectivity index (χ2v) is 3.23. The van der Waals surface area contributed by atoms with Gasteiger partial charge >= 0.3 is 0 Å². The lowest BCUT2D eigenvalue weighted by atomic mass is 10.2. The summed E-state index contributed by atoms with van der Waals surface area (Å²) < 4.78 is 1.62. The molecule has 4 nitrogen and oxygen atoms in total. The molecule has 13 heavy (non-hydrogen) atoms. The van der Waals surface area contributed by atoms with Gasteiger partial charge in [-0.15, -0.1) is 0 Å². The van der Waals surface area contributed by atoms with Crippen LogP contribution in [0.1, 0.15) is 11.3 Å². The van der Waals surface area contributed by atoms with Crippen LogP contribution in [0.25, 0.3) is 11.0 Å². The van der Waals surface area contributed by atoms with Crippen LogP contribution in [0.2, 0.25) is 0 Å². The van der Waals surface area contributed by atoms with Gasteiger partial charge in [-0.3, -0.25) is 9.48 Å². The van der Waals surface area contributed by atoms with E-state index in [0.717, 1.165) is 16.8 Å². The van der Waals surface area contributed by atoms with Crippen LogP contribution in [0.3, 0.4) is 0 Å². The Kier molecular flexibility index (Phi) is 1.52. The SMILES string of the molecule is Cc1c[nH]c2c(C)nn(C)c2c1=O. The van der Waals surface area contributed by atoms with Crippen molar-refractivity contribution in [1.29, 1.82) is 0 Å². The van der Waals surface area contributed by atoms with Crippen molar-refractivity contribution >= 4 is 11.0 Å². The molecule has 0 bridgehead atoms. The van der Waals surface area contributed by atoms with Crippen LogP contribution in [0.15, 0.2) is 11.0 Å². The Morgan fingerprint density at radius 1 is 1.46 bits per heavy atom. The van der Waals surface area contributed by atoms with Crippen molar-refractivity contribution in [2.24, 2.45) is 7.05 Å². The van der Waals surface area contributed by atoms with E-state index in [1.165, 1.54) is 0 Å². The van der Waals surface area contributed by atoms with Gasteiger partial charge in [0.2, 0.25) is 5.43 Å². The van der Waals surface area contributed by atoms with Crippen molar-refractivity contribution in [2.45, 2.75) is 13.8 Å². The largest absolute Gasteiger partial charge is 0.358 e. The molecule has 2 aromatic rings. The fourth-order valence-corrected chi connectivity index (χ4v) is 1.52. The third-order valence-electron chi connectivity index (χ3n) is 2.23. The zero-order chi connectivity index (χ0) is 9.59. The number of hydrogen-bond acceptors (Lipinski definition) is 2. The normalized spacial score (nSPS) is 11.0. The van der Waals surface area contributed by atoms with Gasteiger partial charge in [0, 0.05) is 18.8 Å². The Labute approximate surface area is 75.2 Å². The minimum atomic E-state index is 0.0526. The average Bonchev–Trinajstić information content (AvgIpc) is 2.35. The number of rotatable bonds is 0. The highest BCUT2D eigenvalue weighted by Crippen LogP contribution is 2.10. The van der Waals surface area contributed by atoms with E-state index in [2.05, 4.69) is 10.1 Å². The molecule has 0 saturated heterocycles. The molecule has 0 saturated carbocycles. The molecule has 2 aromatic heterocycles. The molecule has 2 rings (SSSR count). The predicted octanol–water partition coefficient (Wildman–Crippen LogP) is 0.878. The van der Waals surface area contributed by atoms with Crippen molar-refractivity contribution in [3.8, 4) is 0 Å². The Morgan fingerprint density at radius 2 is 2.15 bits per heavy atom. The van der Waals surface area contributed by atoms with Crippen LogP contribution in [0.5, 0.6) is 0 Å². The molecule has 0 unspecified atom stereocenters. The topological polar surface area (TPSA) is 50.7 Å². The summed E-state index contributed by atoms with van der Waals surface area (Å²) in [5.41, 5.74) is 3.11. The molecule has 2 heterocycles. The van der Waals surface area contributed by atoms with Crippen LogP contribution in [-0.4, -0.2) is 14.8 Å². The molecule has 4 heteroatoms. The molecule has 0 fully saturated rings. The second kappa shape index (κ2) is 2.45. The number of nitrogens with zero attached hydrogens (tertiary/aromatic N) is 2. The van der Waals surface area contributed by atoms with E-state index in [0.29, 0.717) is 5.52 Å². The van der Waals surface area contributed by atoms with E-state index in [-0.39, 0.29) is 5.43 Å². The molecule has 0 radical (unpaired) electrons. The number of aromatic nitrogens is 3. The zero-order valence-electron chi connectivity index (χ0n) is 7.88. The molecule has 0 aromatic carbocycles. The van der Waals surface area contributed by atoms with Crippen LogP contribution in [0.4, 0.5) is 0 Å². The van der Waals surface area contributed by atoms with Gasteiger partial charge in [0.1, 0.15) is 5.52 Å². The highest BCUT2D eigenvalue weighted by atomic mass is 16.1. The molecule has 0 aliphatic rings. The lowest BCUT2D eigenvalue weighted by molar-refractivity contribution is 0.781. The Morgan fingerprint density at radius 3 is 2.85 bits per heavy atom. The summed E-state index contributed by atoms with van der Waals surface area (Å²) in [6, 6.07) is 0. The summed E-state index contributed by atoms with van der Waals surface area (Å²) >= 11 is 0. The van der Waals surface area contributed by atoms with Gasteiger partial charge in [0.25, 0.3) is 0 Å². The maximum Gasteiger partial charge on any atom is 0.210 e. The number of pyridine rings is 1. The lowest BCUT2D eigenvalue weighted by Crippen LogP contribution is -2.09. The number of hydrogen-bond donors (Lipinski definition) is 1. The minimum absolute atomic E-state index is 0.0526. The van der Waals surface area contributed by atoms with Gasteiger partial charge in [-0.1, -0.05) is 0 Å². The van der Waals surface area contributed by atoms with Gasteiger partial charge in [-0.2, -0.15) is 5.10 Å². The zero-order valence-corrected chi connectivity index (χ0v) is 7.88. The van der Waals surface area contributed by atoms with Gasteiger partial charge < -0.3 is 4.98 Å². The monoisotopic (exact) mass is 177 g/mol. The number of nitrogens with one attached hydrogen (secondary N) is 1. The first-order valence-corrected chi connectivity index (χ1v) is 4.13. The van der Waals surface area contributed by atoms with E-state index in [1.807, 2.05) is 6.92 Å². The van der Waals surface area contributed by atoms with Crippen LogP contribution >= 0.6 is 0 Å². The molecule has 0 aliphatic heterocycles. The molecule has 0 amide bonds. The lowest BCUT2D eigenvalue weighted by Gasteiger charge is -1.94. The Hall–Kier alpha value is -1.58.